The van der Waals surface area contributed by atoms with E-state index in [4.69, 9.17) is 14.2 Å². The van der Waals surface area contributed by atoms with Gasteiger partial charge in [-0.1, -0.05) is 19.9 Å². The fourth-order valence-corrected chi connectivity index (χ4v) is 5.19. The van der Waals surface area contributed by atoms with Crippen molar-refractivity contribution in [2.75, 3.05) is 0 Å². The van der Waals surface area contributed by atoms with Crippen LogP contribution in [0.1, 0.15) is 47.5 Å². The number of carbonyl (C=O) groups excluding carboxylic acids is 3. The van der Waals surface area contributed by atoms with Gasteiger partial charge in [0.15, 0.2) is 5.78 Å². The van der Waals surface area contributed by atoms with Gasteiger partial charge in [-0.15, -0.1) is 0 Å². The zero-order valence-corrected chi connectivity index (χ0v) is 16.9. The summed E-state index contributed by atoms with van der Waals surface area (Å²) in [5.41, 5.74) is 1.69. The van der Waals surface area contributed by atoms with E-state index in [1.807, 2.05) is 32.9 Å². The third kappa shape index (κ3) is 2.61. The maximum absolute atomic E-state index is 12.5. The van der Waals surface area contributed by atoms with Gasteiger partial charge in [0.25, 0.3) is 5.79 Å². The molecule has 0 amide bonds. The molecule has 0 aromatic heterocycles. The Balaban J connectivity index is 1.90. The number of hydrogen-bond acceptors (Lipinski definition) is 6. The molecule has 6 nitrogen and oxygen atoms in total. The Morgan fingerprint density at radius 3 is 2.68 bits per heavy atom. The van der Waals surface area contributed by atoms with Crippen molar-refractivity contribution in [2.45, 2.75) is 65.5 Å². The zero-order valence-electron chi connectivity index (χ0n) is 16.9. The Labute approximate surface area is 164 Å². The van der Waals surface area contributed by atoms with Gasteiger partial charge in [0, 0.05) is 35.8 Å². The summed E-state index contributed by atoms with van der Waals surface area (Å²) < 4.78 is 17.7. The summed E-state index contributed by atoms with van der Waals surface area (Å²) in [6.07, 6.45) is 5.44. The van der Waals surface area contributed by atoms with Crippen molar-refractivity contribution >= 4 is 17.7 Å². The molecule has 0 radical (unpaired) electrons. The summed E-state index contributed by atoms with van der Waals surface area (Å²) >= 11 is 0. The number of carbonyl (C=O) groups is 3. The quantitative estimate of drug-likeness (QED) is 0.509. The molecule has 1 aliphatic carbocycles. The molecule has 0 aromatic carbocycles. The molecule has 3 aliphatic heterocycles. The van der Waals surface area contributed by atoms with Gasteiger partial charge in [-0.05, 0) is 43.9 Å². The number of rotatable bonds is 1. The maximum atomic E-state index is 12.5. The summed E-state index contributed by atoms with van der Waals surface area (Å²) in [7, 11) is 0. The summed E-state index contributed by atoms with van der Waals surface area (Å²) in [6.45, 7) is 9.01. The van der Waals surface area contributed by atoms with Gasteiger partial charge in [0.2, 0.25) is 0 Å². The van der Waals surface area contributed by atoms with Crippen LogP contribution in [-0.4, -0.2) is 35.7 Å². The van der Waals surface area contributed by atoms with Crippen molar-refractivity contribution in [1.82, 2.24) is 0 Å². The number of hydrogen-bond donors (Lipinski definition) is 0. The van der Waals surface area contributed by atoms with Crippen molar-refractivity contribution in [3.05, 3.63) is 34.9 Å². The van der Waals surface area contributed by atoms with E-state index in [-0.39, 0.29) is 35.7 Å². The van der Waals surface area contributed by atoms with Crippen molar-refractivity contribution in [1.29, 1.82) is 0 Å². The lowest BCUT2D eigenvalue weighted by Gasteiger charge is -2.45. The molecule has 0 saturated carbocycles. The van der Waals surface area contributed by atoms with Crippen LogP contribution in [0.15, 0.2) is 34.9 Å². The van der Waals surface area contributed by atoms with Gasteiger partial charge >= 0.3 is 11.9 Å². The van der Waals surface area contributed by atoms with E-state index in [2.05, 4.69) is 0 Å². The molecular formula is C22H26O6. The molecule has 150 valence electrons. The third-order valence-electron chi connectivity index (χ3n) is 6.98. The summed E-state index contributed by atoms with van der Waals surface area (Å²) in [5, 5.41) is 0. The standard InChI is InChI=1S/C22H26O6/c1-11-10-22-16(13(3)20(25)28-22)8-15-12(2)17(24)6-7-21(15,5)19(26-14(4)23)9-18(11)27-22/h6-7,10,12,15,18-19H,8-9H2,1-5H3/t12-,15+,18+,19+,21+,22-/m1/s1. The summed E-state index contributed by atoms with van der Waals surface area (Å²) in [6, 6.07) is 0. The molecule has 0 N–H and O–H groups in total. The highest BCUT2D eigenvalue weighted by molar-refractivity contribution is 5.94. The van der Waals surface area contributed by atoms with Crippen LogP contribution in [0.25, 0.3) is 0 Å². The lowest BCUT2D eigenvalue weighted by atomic mass is 9.60. The van der Waals surface area contributed by atoms with Crippen molar-refractivity contribution in [3.63, 3.8) is 0 Å². The first-order chi connectivity index (χ1) is 13.1. The number of allylic oxidation sites excluding steroid dienone is 1. The van der Waals surface area contributed by atoms with Crippen LogP contribution in [0.2, 0.25) is 0 Å². The molecule has 6 atom stereocenters. The zero-order chi connectivity index (χ0) is 20.4. The molecule has 1 fully saturated rings. The summed E-state index contributed by atoms with van der Waals surface area (Å²) in [5.74, 6) is -2.34. The van der Waals surface area contributed by atoms with Crippen LogP contribution in [0.3, 0.4) is 0 Å². The maximum Gasteiger partial charge on any atom is 0.336 e. The van der Waals surface area contributed by atoms with Crippen molar-refractivity contribution < 1.29 is 28.6 Å². The molecule has 6 heteroatoms. The van der Waals surface area contributed by atoms with Crippen molar-refractivity contribution in [2.24, 2.45) is 17.3 Å². The molecule has 28 heavy (non-hydrogen) atoms. The predicted octanol–water partition coefficient (Wildman–Crippen LogP) is 3.02. The average molecular weight is 386 g/mol. The van der Waals surface area contributed by atoms with Gasteiger partial charge in [-0.3, -0.25) is 9.59 Å². The lowest BCUT2D eigenvalue weighted by molar-refractivity contribution is -0.189. The minimum Gasteiger partial charge on any atom is -0.462 e. The molecule has 0 unspecified atom stereocenters. The minimum absolute atomic E-state index is 0.0404. The highest BCUT2D eigenvalue weighted by Gasteiger charge is 2.57. The van der Waals surface area contributed by atoms with Crippen LogP contribution in [-0.2, 0) is 28.6 Å². The van der Waals surface area contributed by atoms with E-state index in [1.54, 1.807) is 13.0 Å². The molecule has 1 spiro atoms. The van der Waals surface area contributed by atoms with Crippen LogP contribution < -0.4 is 0 Å². The SMILES string of the molecule is CC(=O)O[C@H]1C[C@@H]2O[C@]3(C=C2C)OC(=O)C(C)=C3C[C@H]2[C@@H](C)C(=O)C=C[C@]12C. The molecule has 0 aromatic rings. The second-order valence-electron chi connectivity index (χ2n) is 8.69. The number of ether oxygens (including phenoxy) is 3. The van der Waals surface area contributed by atoms with Gasteiger partial charge in [0.05, 0.1) is 6.10 Å². The molecule has 4 aliphatic rings. The van der Waals surface area contributed by atoms with Crippen LogP contribution in [0, 0.1) is 17.3 Å². The fraction of sp³-hybridized carbons (Fsp3) is 0.591. The largest absolute Gasteiger partial charge is 0.462 e. The molecule has 3 heterocycles. The minimum atomic E-state index is -1.20. The topological polar surface area (TPSA) is 78.9 Å². The lowest BCUT2D eigenvalue weighted by Crippen LogP contribution is -2.47. The first kappa shape index (κ1) is 19.1. The first-order valence-corrected chi connectivity index (χ1v) is 9.78. The highest BCUT2D eigenvalue weighted by atomic mass is 16.7. The predicted molar refractivity (Wildman–Crippen MR) is 99.8 cm³/mol. The van der Waals surface area contributed by atoms with E-state index in [9.17, 15) is 14.4 Å². The Morgan fingerprint density at radius 1 is 1.29 bits per heavy atom. The number of esters is 2. The second kappa shape index (κ2) is 6.14. The highest BCUT2D eigenvalue weighted by Crippen LogP contribution is 2.54. The van der Waals surface area contributed by atoms with E-state index < -0.39 is 17.3 Å². The Hall–Kier alpha value is -2.21. The van der Waals surface area contributed by atoms with E-state index in [0.717, 1.165) is 11.1 Å². The fourth-order valence-electron chi connectivity index (χ4n) is 5.19. The van der Waals surface area contributed by atoms with Crippen LogP contribution in [0.5, 0.6) is 0 Å². The van der Waals surface area contributed by atoms with Gasteiger partial charge in [0.1, 0.15) is 6.10 Å². The number of ketones is 1. The van der Waals surface area contributed by atoms with Gasteiger partial charge < -0.3 is 14.2 Å². The Bertz CT molecular complexity index is 864. The normalized spacial score (nSPS) is 42.1. The van der Waals surface area contributed by atoms with E-state index in [1.165, 1.54) is 6.92 Å². The third-order valence-corrected chi connectivity index (χ3v) is 6.98. The van der Waals surface area contributed by atoms with Gasteiger partial charge in [-0.2, -0.15) is 0 Å². The smallest absolute Gasteiger partial charge is 0.336 e. The Kier molecular flexibility index (Phi) is 4.20. The molecular weight excluding hydrogens is 360 g/mol. The van der Waals surface area contributed by atoms with E-state index in [0.29, 0.717) is 18.4 Å². The second-order valence-corrected chi connectivity index (χ2v) is 8.69. The monoisotopic (exact) mass is 386 g/mol. The van der Waals surface area contributed by atoms with E-state index >= 15 is 0 Å². The molecule has 2 bridgehead atoms. The molecule has 1 saturated heterocycles. The summed E-state index contributed by atoms with van der Waals surface area (Å²) in [4.78, 5) is 36.8. The molecule has 4 rings (SSSR count). The average Bonchev–Trinajstić information content (AvgIpc) is 3.04. The number of fused-ring (bicyclic) bond motifs is 2. The van der Waals surface area contributed by atoms with Crippen LogP contribution in [0.4, 0.5) is 0 Å². The van der Waals surface area contributed by atoms with Crippen LogP contribution >= 0.6 is 0 Å². The first-order valence-electron chi connectivity index (χ1n) is 9.78. The van der Waals surface area contributed by atoms with Gasteiger partial charge in [-0.25, -0.2) is 4.79 Å². The van der Waals surface area contributed by atoms with Crippen molar-refractivity contribution in [3.8, 4) is 0 Å². The Morgan fingerprint density at radius 2 is 2.00 bits per heavy atom.